The number of amides is 1. The van der Waals surface area contributed by atoms with Crippen molar-refractivity contribution < 1.29 is 24.0 Å². The van der Waals surface area contributed by atoms with Gasteiger partial charge in [-0.25, -0.2) is 4.98 Å². The van der Waals surface area contributed by atoms with Crippen molar-refractivity contribution in [2.24, 2.45) is 11.7 Å². The maximum Gasteiger partial charge on any atom is 0.288 e. The third-order valence-corrected chi connectivity index (χ3v) is 5.32. The molecule has 0 aliphatic carbocycles. The summed E-state index contributed by atoms with van der Waals surface area (Å²) in [6, 6.07) is 6.34. The fraction of sp³-hybridized carbons (Fsp3) is 0.350. The van der Waals surface area contributed by atoms with E-state index in [1.165, 1.54) is 0 Å². The van der Waals surface area contributed by atoms with Crippen molar-refractivity contribution in [1.82, 2.24) is 4.98 Å². The predicted molar refractivity (Wildman–Crippen MR) is 106 cm³/mol. The van der Waals surface area contributed by atoms with Gasteiger partial charge in [0, 0.05) is 30.6 Å². The van der Waals surface area contributed by atoms with Crippen LogP contribution in [-0.2, 0) is 0 Å². The maximum atomic E-state index is 12.9. The molecule has 1 aromatic heterocycles. The first kappa shape index (κ1) is 19.6. The zero-order valence-corrected chi connectivity index (χ0v) is 16.1. The van der Waals surface area contributed by atoms with Crippen LogP contribution in [0.2, 0.25) is 0 Å². The number of nitro groups is 1. The van der Waals surface area contributed by atoms with Gasteiger partial charge in [0.15, 0.2) is 17.3 Å². The van der Waals surface area contributed by atoms with E-state index in [1.807, 2.05) is 4.90 Å². The van der Waals surface area contributed by atoms with Crippen molar-refractivity contribution in [3.05, 3.63) is 51.7 Å². The lowest BCUT2D eigenvalue weighted by Gasteiger charge is -2.33. The molecule has 156 valence electrons. The molecule has 0 spiro atoms. The fourth-order valence-electron chi connectivity index (χ4n) is 3.77. The van der Waals surface area contributed by atoms with E-state index in [2.05, 4.69) is 4.98 Å². The molecule has 0 atom stereocenters. The number of nitrogens with zero attached hydrogens (tertiary/aromatic N) is 3. The highest BCUT2D eigenvalue weighted by Gasteiger charge is 2.29. The van der Waals surface area contributed by atoms with Crippen LogP contribution in [0.15, 0.2) is 30.5 Å². The molecule has 0 bridgehead atoms. The second-order valence-corrected chi connectivity index (χ2v) is 7.17. The number of hydrogen-bond donors (Lipinski definition) is 1. The first-order chi connectivity index (χ1) is 14.4. The highest BCUT2D eigenvalue weighted by molar-refractivity contribution is 5.99. The van der Waals surface area contributed by atoms with Crippen LogP contribution in [0.4, 0.5) is 11.5 Å². The molecule has 2 aliphatic heterocycles. The molecule has 2 aliphatic rings. The zero-order valence-electron chi connectivity index (χ0n) is 16.1. The summed E-state index contributed by atoms with van der Waals surface area (Å²) in [5.41, 5.74) is 5.67. The van der Waals surface area contributed by atoms with Gasteiger partial charge in [-0.1, -0.05) is 0 Å². The minimum Gasteiger partial charge on any atom is -0.486 e. The van der Waals surface area contributed by atoms with E-state index < -0.39 is 10.8 Å². The molecule has 0 unspecified atom stereocenters. The normalized spacial score (nSPS) is 16.2. The molecule has 2 aromatic rings. The Balaban J connectivity index is 1.47. The largest absolute Gasteiger partial charge is 0.486 e. The van der Waals surface area contributed by atoms with Gasteiger partial charge in [0.2, 0.25) is 0 Å². The minimum absolute atomic E-state index is 0.000752. The van der Waals surface area contributed by atoms with Gasteiger partial charge in [0.25, 0.3) is 11.6 Å². The average molecular weight is 412 g/mol. The van der Waals surface area contributed by atoms with Crippen LogP contribution in [0.25, 0.3) is 0 Å². The Morgan fingerprint density at radius 2 is 1.83 bits per heavy atom. The number of carbonyl (C=O) groups is 2. The van der Waals surface area contributed by atoms with Crippen molar-refractivity contribution >= 4 is 23.2 Å². The highest BCUT2D eigenvalue weighted by atomic mass is 16.6. The molecule has 10 nitrogen and oxygen atoms in total. The smallest absolute Gasteiger partial charge is 0.288 e. The Labute approximate surface area is 171 Å². The van der Waals surface area contributed by atoms with E-state index in [-0.39, 0.29) is 23.0 Å². The summed E-state index contributed by atoms with van der Waals surface area (Å²) < 4.78 is 11.0. The number of hydrogen-bond acceptors (Lipinski definition) is 8. The summed E-state index contributed by atoms with van der Waals surface area (Å²) in [4.78, 5) is 41.0. The molecule has 1 aromatic carbocycles. The Morgan fingerprint density at radius 1 is 1.13 bits per heavy atom. The number of piperidine rings is 1. The van der Waals surface area contributed by atoms with E-state index >= 15 is 0 Å². The number of rotatable bonds is 5. The minimum atomic E-state index is -0.782. The van der Waals surface area contributed by atoms with Crippen LogP contribution < -0.4 is 20.1 Å². The summed E-state index contributed by atoms with van der Waals surface area (Å²) in [5.74, 6) is 0.577. The number of Topliss-reactive ketones (excluding diaryl/α,β-unsaturated/α-hetero) is 1. The van der Waals surface area contributed by atoms with Gasteiger partial charge in [0.1, 0.15) is 25.2 Å². The zero-order chi connectivity index (χ0) is 21.3. The molecule has 3 heterocycles. The van der Waals surface area contributed by atoms with Crippen molar-refractivity contribution in [2.75, 3.05) is 31.2 Å². The van der Waals surface area contributed by atoms with Crippen molar-refractivity contribution in [2.45, 2.75) is 12.8 Å². The molecule has 1 saturated heterocycles. The molecule has 1 fully saturated rings. The summed E-state index contributed by atoms with van der Waals surface area (Å²) in [6.45, 7) is 1.90. The number of carbonyl (C=O) groups excluding carboxylic acids is 2. The third-order valence-electron chi connectivity index (χ3n) is 5.32. The molecule has 30 heavy (non-hydrogen) atoms. The molecular formula is C20H20N4O6. The number of primary amides is 1. The Morgan fingerprint density at radius 3 is 2.50 bits per heavy atom. The van der Waals surface area contributed by atoms with Crippen LogP contribution in [0.3, 0.4) is 0 Å². The summed E-state index contributed by atoms with van der Waals surface area (Å²) in [7, 11) is 0. The number of nitrogens with two attached hydrogens (primary N) is 1. The molecule has 2 N–H and O–H groups in total. The SMILES string of the molecule is NC(=O)c1cc([N+](=O)[O-])cnc1N1CCC(C(=O)c2ccc3c(c2)OCCO3)CC1. The Bertz CT molecular complexity index is 1020. The van der Waals surface area contributed by atoms with Crippen molar-refractivity contribution in [1.29, 1.82) is 0 Å². The lowest BCUT2D eigenvalue weighted by atomic mass is 9.88. The molecule has 10 heteroatoms. The van der Waals surface area contributed by atoms with Crippen LogP contribution in [0.5, 0.6) is 11.5 Å². The Hall–Kier alpha value is -3.69. The number of fused-ring (bicyclic) bond motifs is 1. The number of pyridine rings is 1. The first-order valence-corrected chi connectivity index (χ1v) is 9.57. The van der Waals surface area contributed by atoms with Gasteiger partial charge in [-0.15, -0.1) is 0 Å². The van der Waals surface area contributed by atoms with Gasteiger partial charge >= 0.3 is 0 Å². The quantitative estimate of drug-likeness (QED) is 0.447. The number of ether oxygens (including phenoxy) is 2. The fourth-order valence-corrected chi connectivity index (χ4v) is 3.77. The summed E-state index contributed by atoms with van der Waals surface area (Å²) in [5, 5.41) is 11.0. The molecule has 0 saturated carbocycles. The third kappa shape index (κ3) is 3.76. The van der Waals surface area contributed by atoms with Gasteiger partial charge in [-0.3, -0.25) is 19.7 Å². The van der Waals surface area contributed by atoms with Gasteiger partial charge < -0.3 is 20.1 Å². The van der Waals surface area contributed by atoms with Crippen molar-refractivity contribution in [3.63, 3.8) is 0 Å². The van der Waals surface area contributed by atoms with E-state index in [4.69, 9.17) is 15.2 Å². The lowest BCUT2D eigenvalue weighted by Crippen LogP contribution is -2.38. The average Bonchev–Trinajstić information content (AvgIpc) is 2.78. The standard InChI is InChI=1S/C20H20N4O6/c21-19(26)15-10-14(24(27)28)11-22-20(15)23-5-3-12(4-6-23)18(25)13-1-2-16-17(9-13)30-8-7-29-16/h1-2,9-12H,3-8H2,(H2,21,26). The molecule has 1 amide bonds. The maximum absolute atomic E-state index is 12.9. The van der Waals surface area contributed by atoms with E-state index in [0.717, 1.165) is 12.3 Å². The number of aromatic nitrogens is 1. The second kappa shape index (κ2) is 7.97. The Kier molecular flexibility index (Phi) is 5.21. The lowest BCUT2D eigenvalue weighted by molar-refractivity contribution is -0.385. The van der Waals surface area contributed by atoms with Gasteiger partial charge in [-0.05, 0) is 31.0 Å². The number of benzene rings is 1. The van der Waals surface area contributed by atoms with E-state index in [9.17, 15) is 19.7 Å². The van der Waals surface area contributed by atoms with Crippen LogP contribution in [-0.4, -0.2) is 47.9 Å². The second-order valence-electron chi connectivity index (χ2n) is 7.17. The summed E-state index contributed by atoms with van der Waals surface area (Å²) >= 11 is 0. The van der Waals surface area contributed by atoms with Crippen LogP contribution >= 0.6 is 0 Å². The molecule has 0 radical (unpaired) electrons. The van der Waals surface area contributed by atoms with Gasteiger partial charge in [-0.2, -0.15) is 0 Å². The monoisotopic (exact) mass is 412 g/mol. The van der Waals surface area contributed by atoms with Crippen LogP contribution in [0.1, 0.15) is 33.6 Å². The molecule has 4 rings (SSSR count). The highest BCUT2D eigenvalue weighted by Crippen LogP contribution is 2.33. The van der Waals surface area contributed by atoms with E-state index in [0.29, 0.717) is 62.0 Å². The topological polar surface area (TPSA) is 138 Å². The van der Waals surface area contributed by atoms with Gasteiger partial charge in [0.05, 0.1) is 10.5 Å². The van der Waals surface area contributed by atoms with Crippen LogP contribution in [0, 0.1) is 16.0 Å². The number of ketones is 1. The first-order valence-electron chi connectivity index (χ1n) is 9.57. The predicted octanol–water partition coefficient (Wildman–Crippen LogP) is 1.96. The van der Waals surface area contributed by atoms with E-state index in [1.54, 1.807) is 18.2 Å². The molecular weight excluding hydrogens is 392 g/mol. The van der Waals surface area contributed by atoms with Crippen molar-refractivity contribution in [3.8, 4) is 11.5 Å². The number of anilines is 1. The summed E-state index contributed by atoms with van der Waals surface area (Å²) in [6.07, 6.45) is 2.22.